The summed E-state index contributed by atoms with van der Waals surface area (Å²) in [5, 5.41) is 0. The summed E-state index contributed by atoms with van der Waals surface area (Å²) < 4.78 is 5.72. The predicted octanol–water partition coefficient (Wildman–Crippen LogP) is 1.26. The van der Waals surface area contributed by atoms with Gasteiger partial charge in [-0.3, -0.25) is 0 Å². The number of nitrogens with two attached hydrogens (primary N) is 1. The number of hydrogen-bond acceptors (Lipinski definition) is 5. The number of carbonyl (C=O) groups excluding carboxylic acids is 1. The van der Waals surface area contributed by atoms with Gasteiger partial charge in [-0.1, -0.05) is 30.3 Å². The third kappa shape index (κ3) is 3.88. The lowest BCUT2D eigenvalue weighted by Gasteiger charge is -2.33. The minimum absolute atomic E-state index is 0.384. The molecule has 0 atom stereocenters. The van der Waals surface area contributed by atoms with Crippen LogP contribution in [0.3, 0.4) is 0 Å². The van der Waals surface area contributed by atoms with Crippen LogP contribution in [-0.2, 0) is 6.61 Å². The quantitative estimate of drug-likeness (QED) is 0.918. The molecule has 0 unspecified atom stereocenters. The van der Waals surface area contributed by atoms with E-state index in [1.807, 2.05) is 35.2 Å². The molecule has 2 N–H and O–H groups in total. The zero-order valence-corrected chi connectivity index (χ0v) is 12.8. The van der Waals surface area contributed by atoms with E-state index in [1.54, 1.807) is 17.2 Å². The van der Waals surface area contributed by atoms with Gasteiger partial charge in [-0.05, 0) is 5.56 Å². The fourth-order valence-corrected chi connectivity index (χ4v) is 2.42. The van der Waals surface area contributed by atoms with Crippen LogP contribution in [0, 0.1) is 0 Å². The maximum Gasteiger partial charge on any atom is 0.314 e. The molecule has 2 heterocycles. The number of piperazine rings is 1. The fourth-order valence-electron chi connectivity index (χ4n) is 2.42. The first-order chi connectivity index (χ1) is 11.2. The van der Waals surface area contributed by atoms with E-state index in [0.29, 0.717) is 44.6 Å². The summed E-state index contributed by atoms with van der Waals surface area (Å²) in [5.41, 5.74) is 6.37. The van der Waals surface area contributed by atoms with E-state index in [4.69, 9.17) is 10.5 Å². The first-order valence-electron chi connectivity index (χ1n) is 7.51. The second kappa shape index (κ2) is 6.95. The lowest BCUT2D eigenvalue weighted by Crippen LogP contribution is -2.50. The van der Waals surface area contributed by atoms with Crippen LogP contribution in [0.25, 0.3) is 0 Å². The van der Waals surface area contributed by atoms with Crippen molar-refractivity contribution in [3.05, 3.63) is 48.2 Å². The lowest BCUT2D eigenvalue weighted by atomic mass is 10.2. The topological polar surface area (TPSA) is 84.6 Å². The Balaban J connectivity index is 1.60. The predicted molar refractivity (Wildman–Crippen MR) is 86.2 cm³/mol. The highest BCUT2D eigenvalue weighted by molar-refractivity contribution is 5.72. The van der Waals surface area contributed by atoms with Crippen molar-refractivity contribution in [2.24, 2.45) is 5.73 Å². The third-order valence-electron chi connectivity index (χ3n) is 3.72. The van der Waals surface area contributed by atoms with E-state index in [0.717, 1.165) is 5.56 Å². The number of amides is 2. The Labute approximate surface area is 134 Å². The maximum atomic E-state index is 11.1. The van der Waals surface area contributed by atoms with Crippen molar-refractivity contribution < 1.29 is 9.53 Å². The SMILES string of the molecule is NC(=O)N1CCN(c2nccc(OCc3ccccc3)n2)CC1. The van der Waals surface area contributed by atoms with Crippen molar-refractivity contribution in [3.8, 4) is 5.88 Å². The van der Waals surface area contributed by atoms with Crippen LogP contribution in [0.5, 0.6) is 5.88 Å². The number of benzene rings is 1. The molecule has 0 saturated carbocycles. The van der Waals surface area contributed by atoms with Gasteiger partial charge in [0.25, 0.3) is 0 Å². The second-order valence-electron chi connectivity index (χ2n) is 5.28. The molecule has 1 aromatic carbocycles. The molecule has 0 bridgehead atoms. The summed E-state index contributed by atoms with van der Waals surface area (Å²) in [4.78, 5) is 23.5. The van der Waals surface area contributed by atoms with Crippen LogP contribution >= 0.6 is 0 Å². The molecule has 0 radical (unpaired) electrons. The van der Waals surface area contributed by atoms with Crippen molar-refractivity contribution in [1.82, 2.24) is 14.9 Å². The molecular formula is C16H19N5O2. The molecule has 7 nitrogen and oxygen atoms in total. The number of ether oxygens (including phenoxy) is 1. The molecule has 120 valence electrons. The van der Waals surface area contributed by atoms with Gasteiger partial charge in [0.05, 0.1) is 0 Å². The molecular weight excluding hydrogens is 294 g/mol. The number of aromatic nitrogens is 2. The van der Waals surface area contributed by atoms with Gasteiger partial charge in [-0.2, -0.15) is 4.98 Å². The highest BCUT2D eigenvalue weighted by Crippen LogP contribution is 2.16. The maximum absolute atomic E-state index is 11.1. The Morgan fingerprint density at radius 3 is 2.57 bits per heavy atom. The summed E-state index contributed by atoms with van der Waals surface area (Å²) in [6, 6.07) is 11.3. The average Bonchev–Trinajstić information content (AvgIpc) is 2.61. The normalized spacial score (nSPS) is 14.6. The minimum atomic E-state index is -0.384. The first-order valence-corrected chi connectivity index (χ1v) is 7.51. The van der Waals surface area contributed by atoms with Crippen LogP contribution in [-0.4, -0.2) is 47.1 Å². The molecule has 23 heavy (non-hydrogen) atoms. The Hall–Kier alpha value is -2.83. The summed E-state index contributed by atoms with van der Waals surface area (Å²) in [5.74, 6) is 1.15. The third-order valence-corrected chi connectivity index (χ3v) is 3.72. The van der Waals surface area contributed by atoms with Crippen LogP contribution in [0.15, 0.2) is 42.6 Å². The Kier molecular flexibility index (Phi) is 4.56. The van der Waals surface area contributed by atoms with E-state index < -0.39 is 0 Å². The molecule has 1 saturated heterocycles. The second-order valence-corrected chi connectivity index (χ2v) is 5.28. The standard InChI is InChI=1S/C16H19N5O2/c17-15(22)20-8-10-21(11-9-20)16-18-7-6-14(19-16)23-12-13-4-2-1-3-5-13/h1-7H,8-12H2,(H2,17,22). The van der Waals surface area contributed by atoms with Crippen molar-refractivity contribution in [3.63, 3.8) is 0 Å². The molecule has 1 fully saturated rings. The molecule has 3 rings (SSSR count). The fraction of sp³-hybridized carbons (Fsp3) is 0.312. The Bertz CT molecular complexity index is 657. The number of nitrogens with zero attached hydrogens (tertiary/aromatic N) is 4. The van der Waals surface area contributed by atoms with Crippen LogP contribution in [0.2, 0.25) is 0 Å². The van der Waals surface area contributed by atoms with Gasteiger partial charge in [-0.15, -0.1) is 0 Å². The number of rotatable bonds is 4. The van der Waals surface area contributed by atoms with E-state index in [-0.39, 0.29) is 6.03 Å². The van der Waals surface area contributed by atoms with Crippen LogP contribution < -0.4 is 15.4 Å². The van der Waals surface area contributed by atoms with Gasteiger partial charge in [-0.25, -0.2) is 9.78 Å². The van der Waals surface area contributed by atoms with Gasteiger partial charge in [0, 0.05) is 38.4 Å². The molecule has 1 aromatic heterocycles. The number of urea groups is 1. The van der Waals surface area contributed by atoms with Crippen molar-refractivity contribution in [2.75, 3.05) is 31.1 Å². The van der Waals surface area contributed by atoms with E-state index in [9.17, 15) is 4.79 Å². The largest absolute Gasteiger partial charge is 0.473 e. The Morgan fingerprint density at radius 2 is 1.87 bits per heavy atom. The smallest absolute Gasteiger partial charge is 0.314 e. The van der Waals surface area contributed by atoms with Crippen molar-refractivity contribution in [1.29, 1.82) is 0 Å². The highest BCUT2D eigenvalue weighted by atomic mass is 16.5. The van der Waals surface area contributed by atoms with Gasteiger partial charge in [0.1, 0.15) is 6.61 Å². The van der Waals surface area contributed by atoms with Crippen molar-refractivity contribution >= 4 is 12.0 Å². The molecule has 7 heteroatoms. The monoisotopic (exact) mass is 313 g/mol. The number of anilines is 1. The summed E-state index contributed by atoms with van der Waals surface area (Å²) in [6.07, 6.45) is 1.68. The van der Waals surface area contributed by atoms with E-state index in [1.165, 1.54) is 0 Å². The van der Waals surface area contributed by atoms with Gasteiger partial charge >= 0.3 is 6.03 Å². The zero-order valence-electron chi connectivity index (χ0n) is 12.8. The zero-order chi connectivity index (χ0) is 16.1. The van der Waals surface area contributed by atoms with Crippen LogP contribution in [0.1, 0.15) is 5.56 Å². The highest BCUT2D eigenvalue weighted by Gasteiger charge is 2.21. The summed E-state index contributed by atoms with van der Waals surface area (Å²) >= 11 is 0. The summed E-state index contributed by atoms with van der Waals surface area (Å²) in [6.45, 7) is 2.94. The molecule has 0 aliphatic carbocycles. The van der Waals surface area contributed by atoms with Crippen molar-refractivity contribution in [2.45, 2.75) is 6.61 Å². The van der Waals surface area contributed by atoms with E-state index in [2.05, 4.69) is 9.97 Å². The Morgan fingerprint density at radius 1 is 1.13 bits per heavy atom. The number of carbonyl (C=O) groups is 1. The molecule has 1 aliphatic rings. The van der Waals surface area contributed by atoms with Gasteiger partial charge in [0.15, 0.2) is 0 Å². The van der Waals surface area contributed by atoms with Gasteiger partial charge < -0.3 is 20.3 Å². The average molecular weight is 313 g/mol. The molecule has 0 spiro atoms. The lowest BCUT2D eigenvalue weighted by molar-refractivity contribution is 0.203. The summed E-state index contributed by atoms with van der Waals surface area (Å²) in [7, 11) is 0. The molecule has 2 aromatic rings. The number of primary amides is 1. The van der Waals surface area contributed by atoms with Gasteiger partial charge in [0.2, 0.25) is 11.8 Å². The van der Waals surface area contributed by atoms with E-state index >= 15 is 0 Å². The molecule has 2 amide bonds. The number of hydrogen-bond donors (Lipinski definition) is 1. The molecule has 1 aliphatic heterocycles. The van der Waals surface area contributed by atoms with Crippen LogP contribution in [0.4, 0.5) is 10.7 Å². The minimum Gasteiger partial charge on any atom is -0.473 e. The first kappa shape index (κ1) is 15.1.